The highest BCUT2D eigenvalue weighted by atomic mass is 16.5. The molecule has 0 saturated carbocycles. The van der Waals surface area contributed by atoms with Gasteiger partial charge in [0, 0.05) is 6.54 Å². The third-order valence-corrected chi connectivity index (χ3v) is 3.77. The zero-order chi connectivity index (χ0) is 11.8. The Labute approximate surface area is 102 Å². The van der Waals surface area contributed by atoms with E-state index in [1.165, 1.54) is 24.0 Å². The molecule has 90 valence electrons. The molecule has 1 aromatic rings. The van der Waals surface area contributed by atoms with Crippen LogP contribution in [0.4, 0.5) is 0 Å². The molecule has 0 radical (unpaired) electrons. The van der Waals surface area contributed by atoms with Gasteiger partial charge in [0.05, 0.1) is 6.04 Å². The number of piperidine rings is 1. The summed E-state index contributed by atoms with van der Waals surface area (Å²) in [5.74, 6) is 0. The molecule has 2 heterocycles. The van der Waals surface area contributed by atoms with Crippen LogP contribution in [-0.2, 0) is 4.74 Å². The van der Waals surface area contributed by atoms with Crippen LogP contribution in [0.2, 0.25) is 0 Å². The summed E-state index contributed by atoms with van der Waals surface area (Å²) < 4.78 is 5.76. The Morgan fingerprint density at radius 2 is 2.24 bits per heavy atom. The molecule has 17 heavy (non-hydrogen) atoms. The Bertz CT molecular complexity index is 444. The predicted octanol–water partition coefficient (Wildman–Crippen LogP) is 2.86. The van der Waals surface area contributed by atoms with Crippen molar-refractivity contribution in [3.05, 3.63) is 35.4 Å². The van der Waals surface area contributed by atoms with Crippen molar-refractivity contribution in [3.63, 3.8) is 0 Å². The molecule has 0 aliphatic carbocycles. The predicted molar refractivity (Wildman–Crippen MR) is 67.1 cm³/mol. The Kier molecular flexibility index (Phi) is 2.54. The fourth-order valence-corrected chi connectivity index (χ4v) is 2.93. The number of aryl methyl sites for hydroxylation is 1. The van der Waals surface area contributed by atoms with E-state index >= 15 is 0 Å². The number of fused-ring (bicyclic) bond motifs is 1. The average molecular weight is 230 g/mol. The average Bonchev–Trinajstić information content (AvgIpc) is 2.68. The van der Waals surface area contributed by atoms with Crippen molar-refractivity contribution in [2.45, 2.75) is 38.3 Å². The lowest BCUT2D eigenvalue weighted by atomic mass is 9.94. The van der Waals surface area contributed by atoms with E-state index in [2.05, 4.69) is 36.1 Å². The molecule has 3 rings (SSSR count). The zero-order valence-corrected chi connectivity index (χ0v) is 10.1. The lowest BCUT2D eigenvalue weighted by Crippen LogP contribution is -2.38. The second-order valence-corrected chi connectivity index (χ2v) is 5.01. The van der Waals surface area contributed by atoms with Crippen LogP contribution in [0.15, 0.2) is 24.3 Å². The van der Waals surface area contributed by atoms with Gasteiger partial charge in [-0.2, -0.15) is 0 Å². The molecule has 2 atom stereocenters. The summed E-state index contributed by atoms with van der Waals surface area (Å²) in [6, 6.07) is 9.20. The summed E-state index contributed by atoms with van der Waals surface area (Å²) in [6.45, 7) is 3.08. The van der Waals surface area contributed by atoms with Crippen LogP contribution in [-0.4, -0.2) is 23.5 Å². The molecule has 0 aromatic heterocycles. The summed E-state index contributed by atoms with van der Waals surface area (Å²) >= 11 is 0. The summed E-state index contributed by atoms with van der Waals surface area (Å²) in [5.41, 5.74) is 2.47. The van der Waals surface area contributed by atoms with E-state index in [0.717, 1.165) is 13.0 Å². The summed E-state index contributed by atoms with van der Waals surface area (Å²) in [4.78, 5) is 2.12. The van der Waals surface area contributed by atoms with E-state index < -0.39 is 0 Å². The van der Waals surface area contributed by atoms with Gasteiger partial charge in [0.15, 0.2) is 0 Å². The number of benzene rings is 1. The van der Waals surface area contributed by atoms with Gasteiger partial charge in [-0.15, -0.1) is 0 Å². The van der Waals surface area contributed by atoms with Crippen molar-refractivity contribution in [1.82, 2.24) is 4.90 Å². The molecule has 2 fully saturated rings. The first-order valence-electron chi connectivity index (χ1n) is 6.34. The van der Waals surface area contributed by atoms with Gasteiger partial charge in [0.1, 0.15) is 6.10 Å². The zero-order valence-electron chi connectivity index (χ0n) is 10.1. The number of nitrogens with zero attached hydrogens (tertiary/aromatic N) is 1. The summed E-state index contributed by atoms with van der Waals surface area (Å²) in [5, 5.41) is 7.91. The molecular formula is C14H18N2O. The van der Waals surface area contributed by atoms with E-state index in [0.29, 0.717) is 12.1 Å². The number of rotatable bonds is 1. The Balaban J connectivity index is 1.91. The molecule has 0 spiro atoms. The van der Waals surface area contributed by atoms with E-state index in [1.807, 2.05) is 0 Å². The molecule has 3 nitrogen and oxygen atoms in total. The maximum Gasteiger partial charge on any atom is 0.285 e. The fraction of sp³-hybridized carbons (Fsp3) is 0.500. The molecule has 1 N–H and O–H groups in total. The van der Waals surface area contributed by atoms with E-state index in [9.17, 15) is 0 Å². The molecule has 3 heteroatoms. The highest BCUT2D eigenvalue weighted by molar-refractivity contribution is 5.73. The largest absolute Gasteiger partial charge is 0.455 e. The van der Waals surface area contributed by atoms with Crippen molar-refractivity contribution in [3.8, 4) is 0 Å². The number of nitrogens with one attached hydrogen (secondary N) is 1. The van der Waals surface area contributed by atoms with Crippen molar-refractivity contribution in [2.24, 2.45) is 0 Å². The number of ether oxygens (including phenoxy) is 1. The minimum absolute atomic E-state index is 0.0581. The molecule has 2 unspecified atom stereocenters. The Morgan fingerprint density at radius 3 is 3.06 bits per heavy atom. The smallest absolute Gasteiger partial charge is 0.285 e. The van der Waals surface area contributed by atoms with Crippen LogP contribution in [0.25, 0.3) is 0 Å². The first kappa shape index (κ1) is 10.6. The normalized spacial score (nSPS) is 27.8. The summed E-state index contributed by atoms with van der Waals surface area (Å²) in [6.07, 6.45) is 3.63. The molecule has 1 aromatic carbocycles. The lowest BCUT2D eigenvalue weighted by molar-refractivity contribution is 0.167. The van der Waals surface area contributed by atoms with Crippen molar-refractivity contribution >= 4 is 6.02 Å². The van der Waals surface area contributed by atoms with Gasteiger partial charge in [-0.3, -0.25) is 5.41 Å². The van der Waals surface area contributed by atoms with Gasteiger partial charge in [0.2, 0.25) is 0 Å². The van der Waals surface area contributed by atoms with E-state index in [1.54, 1.807) is 0 Å². The van der Waals surface area contributed by atoms with Gasteiger partial charge >= 0.3 is 0 Å². The summed E-state index contributed by atoms with van der Waals surface area (Å²) in [7, 11) is 0. The van der Waals surface area contributed by atoms with E-state index in [4.69, 9.17) is 10.1 Å². The van der Waals surface area contributed by atoms with Gasteiger partial charge in [-0.05, 0) is 31.7 Å². The maximum absolute atomic E-state index is 7.91. The SMILES string of the molecule is Cc1cccc(C2OC(=N)N3CCCCC23)c1. The highest BCUT2D eigenvalue weighted by Gasteiger charge is 2.41. The first-order chi connectivity index (χ1) is 8.25. The number of hydrogen-bond donors (Lipinski definition) is 1. The maximum atomic E-state index is 7.91. The quantitative estimate of drug-likeness (QED) is 0.805. The van der Waals surface area contributed by atoms with Gasteiger partial charge in [-0.1, -0.05) is 29.8 Å². The Morgan fingerprint density at radius 1 is 1.35 bits per heavy atom. The first-order valence-corrected chi connectivity index (χ1v) is 6.34. The standard InChI is InChI=1S/C14H18N2O/c1-10-5-4-6-11(9-10)13-12-7-2-3-8-16(12)14(15)17-13/h4-6,9,12-13,15H,2-3,7-8H2,1H3. The second-order valence-electron chi connectivity index (χ2n) is 5.01. The van der Waals surface area contributed by atoms with Crippen molar-refractivity contribution in [2.75, 3.05) is 6.54 Å². The number of amidine groups is 1. The van der Waals surface area contributed by atoms with Crippen LogP contribution < -0.4 is 0 Å². The highest BCUT2D eigenvalue weighted by Crippen LogP contribution is 2.37. The van der Waals surface area contributed by atoms with Gasteiger partial charge in [0.25, 0.3) is 6.02 Å². The minimum atomic E-state index is 0.0581. The minimum Gasteiger partial charge on any atom is -0.455 e. The van der Waals surface area contributed by atoms with Crippen molar-refractivity contribution < 1.29 is 4.74 Å². The van der Waals surface area contributed by atoms with Crippen LogP contribution in [0.1, 0.15) is 36.5 Å². The van der Waals surface area contributed by atoms with Crippen LogP contribution >= 0.6 is 0 Å². The molecule has 0 amide bonds. The molecule has 2 aliphatic rings. The third-order valence-electron chi connectivity index (χ3n) is 3.77. The third kappa shape index (κ3) is 1.79. The topological polar surface area (TPSA) is 36.3 Å². The van der Waals surface area contributed by atoms with Gasteiger partial charge < -0.3 is 9.64 Å². The second kappa shape index (κ2) is 4.06. The molecule has 2 aliphatic heterocycles. The Hall–Kier alpha value is -1.51. The molecule has 0 bridgehead atoms. The molecular weight excluding hydrogens is 212 g/mol. The monoisotopic (exact) mass is 230 g/mol. The lowest BCUT2D eigenvalue weighted by Gasteiger charge is -2.29. The van der Waals surface area contributed by atoms with E-state index in [-0.39, 0.29) is 6.10 Å². The molecule has 2 saturated heterocycles. The van der Waals surface area contributed by atoms with Gasteiger partial charge in [-0.25, -0.2) is 0 Å². The van der Waals surface area contributed by atoms with Crippen LogP contribution in [0.5, 0.6) is 0 Å². The van der Waals surface area contributed by atoms with Crippen LogP contribution in [0, 0.1) is 12.3 Å². The van der Waals surface area contributed by atoms with Crippen LogP contribution in [0.3, 0.4) is 0 Å². The number of hydrogen-bond acceptors (Lipinski definition) is 2. The van der Waals surface area contributed by atoms with Crippen molar-refractivity contribution in [1.29, 1.82) is 5.41 Å². The fourth-order valence-electron chi connectivity index (χ4n) is 2.93.